The van der Waals surface area contributed by atoms with Crippen molar-refractivity contribution < 1.29 is 4.74 Å². The number of ether oxygens (including phenoxy) is 1. The number of hydrogen-bond acceptors (Lipinski definition) is 4. The van der Waals surface area contributed by atoms with Gasteiger partial charge in [0.25, 0.3) is 5.88 Å². The number of nitrogens with one attached hydrogen (secondary N) is 1. The Balaban J connectivity index is 2.49. The van der Waals surface area contributed by atoms with Crippen LogP contribution in [0.4, 0.5) is 0 Å². The molecule has 0 amide bonds. The Labute approximate surface area is 85.6 Å². The second kappa shape index (κ2) is 4.57. The Morgan fingerprint density at radius 2 is 2.31 bits per heavy atom. The molecule has 1 aromatic heterocycles. The Bertz CT molecular complexity index is 275. The molecule has 0 aliphatic carbocycles. The normalized spacial score (nSPS) is 12.9. The standard InChI is InChI=1S/C7H13BrN4O/c1-5(9-2)4-13-7-6(8)10-12(3)11-7/h5,9H,4H2,1-3H3/t5-/m1/s1. The molecule has 0 aliphatic rings. The molecule has 5 nitrogen and oxygen atoms in total. The molecule has 0 aromatic carbocycles. The van der Waals surface area contributed by atoms with Gasteiger partial charge in [0, 0.05) is 13.1 Å². The summed E-state index contributed by atoms with van der Waals surface area (Å²) in [6, 6.07) is 0.300. The second-order valence-corrected chi connectivity index (χ2v) is 3.54. The van der Waals surface area contributed by atoms with Gasteiger partial charge in [-0.05, 0) is 29.9 Å². The van der Waals surface area contributed by atoms with Gasteiger partial charge in [-0.25, -0.2) is 0 Å². The molecule has 1 N–H and O–H groups in total. The van der Waals surface area contributed by atoms with Crippen LogP contribution in [0, 0.1) is 0 Å². The van der Waals surface area contributed by atoms with Gasteiger partial charge in [-0.15, -0.1) is 10.2 Å². The van der Waals surface area contributed by atoms with Crippen molar-refractivity contribution in [1.82, 2.24) is 20.3 Å². The third kappa shape index (κ3) is 2.96. The van der Waals surface area contributed by atoms with Crippen LogP contribution in [0.15, 0.2) is 4.60 Å². The lowest BCUT2D eigenvalue weighted by atomic mass is 10.4. The molecule has 1 heterocycles. The fraction of sp³-hybridized carbons (Fsp3) is 0.714. The van der Waals surface area contributed by atoms with Crippen LogP contribution in [0.2, 0.25) is 0 Å². The van der Waals surface area contributed by atoms with Gasteiger partial charge < -0.3 is 10.1 Å². The lowest BCUT2D eigenvalue weighted by Gasteiger charge is -2.09. The van der Waals surface area contributed by atoms with E-state index in [4.69, 9.17) is 4.74 Å². The van der Waals surface area contributed by atoms with E-state index in [1.807, 2.05) is 14.0 Å². The zero-order valence-electron chi connectivity index (χ0n) is 7.91. The van der Waals surface area contributed by atoms with E-state index in [1.54, 1.807) is 7.05 Å². The van der Waals surface area contributed by atoms with E-state index in [0.29, 0.717) is 23.1 Å². The first kappa shape index (κ1) is 10.5. The number of halogens is 1. The van der Waals surface area contributed by atoms with E-state index >= 15 is 0 Å². The molecule has 0 unspecified atom stereocenters. The van der Waals surface area contributed by atoms with Crippen molar-refractivity contribution in [1.29, 1.82) is 0 Å². The molecule has 0 radical (unpaired) electrons. The number of aryl methyl sites for hydroxylation is 1. The van der Waals surface area contributed by atoms with Crippen LogP contribution in [-0.2, 0) is 7.05 Å². The Morgan fingerprint density at radius 1 is 1.62 bits per heavy atom. The average Bonchev–Trinajstić information content (AvgIpc) is 2.41. The van der Waals surface area contributed by atoms with Gasteiger partial charge in [-0.2, -0.15) is 4.80 Å². The van der Waals surface area contributed by atoms with Crippen molar-refractivity contribution in [3.63, 3.8) is 0 Å². The fourth-order valence-electron chi connectivity index (χ4n) is 0.741. The van der Waals surface area contributed by atoms with Gasteiger partial charge in [-0.1, -0.05) is 0 Å². The van der Waals surface area contributed by atoms with Gasteiger partial charge in [0.2, 0.25) is 0 Å². The molecule has 0 fully saturated rings. The summed E-state index contributed by atoms with van der Waals surface area (Å²) in [5, 5.41) is 11.1. The maximum Gasteiger partial charge on any atom is 0.268 e. The minimum atomic E-state index is 0.300. The highest BCUT2D eigenvalue weighted by Gasteiger charge is 2.08. The SMILES string of the molecule is CN[C@H](C)COc1nn(C)nc1Br. The van der Waals surface area contributed by atoms with Crippen molar-refractivity contribution in [2.75, 3.05) is 13.7 Å². The van der Waals surface area contributed by atoms with Crippen molar-refractivity contribution in [2.45, 2.75) is 13.0 Å². The third-order valence-corrected chi connectivity index (χ3v) is 2.11. The summed E-state index contributed by atoms with van der Waals surface area (Å²) < 4.78 is 6.04. The topological polar surface area (TPSA) is 52.0 Å². The van der Waals surface area contributed by atoms with E-state index < -0.39 is 0 Å². The zero-order valence-corrected chi connectivity index (χ0v) is 9.50. The lowest BCUT2D eigenvalue weighted by Crippen LogP contribution is -2.28. The minimum absolute atomic E-state index is 0.300. The van der Waals surface area contributed by atoms with E-state index in [1.165, 1.54) is 4.80 Å². The summed E-state index contributed by atoms with van der Waals surface area (Å²) in [4.78, 5) is 1.46. The van der Waals surface area contributed by atoms with Gasteiger partial charge in [0.15, 0.2) is 4.60 Å². The fourth-order valence-corrected chi connectivity index (χ4v) is 1.16. The van der Waals surface area contributed by atoms with Gasteiger partial charge >= 0.3 is 0 Å². The van der Waals surface area contributed by atoms with Crippen LogP contribution in [0.3, 0.4) is 0 Å². The van der Waals surface area contributed by atoms with Crippen LogP contribution in [0.25, 0.3) is 0 Å². The molecule has 0 spiro atoms. The smallest absolute Gasteiger partial charge is 0.268 e. The summed E-state index contributed by atoms with van der Waals surface area (Å²) in [7, 11) is 3.64. The van der Waals surface area contributed by atoms with Crippen LogP contribution < -0.4 is 10.1 Å². The van der Waals surface area contributed by atoms with Gasteiger partial charge in [-0.3, -0.25) is 0 Å². The Morgan fingerprint density at radius 3 is 2.77 bits per heavy atom. The monoisotopic (exact) mass is 248 g/mol. The van der Waals surface area contributed by atoms with Crippen LogP contribution >= 0.6 is 15.9 Å². The first-order valence-corrected chi connectivity index (χ1v) is 4.79. The maximum absolute atomic E-state index is 5.41. The number of hydrogen-bond donors (Lipinski definition) is 1. The summed E-state index contributed by atoms with van der Waals surface area (Å²) in [5.41, 5.74) is 0. The van der Waals surface area contributed by atoms with Crippen molar-refractivity contribution in [3.05, 3.63) is 4.60 Å². The molecule has 0 aliphatic heterocycles. The van der Waals surface area contributed by atoms with Gasteiger partial charge in [0.05, 0.1) is 0 Å². The molecule has 0 bridgehead atoms. The molecule has 1 rings (SSSR count). The molecule has 74 valence electrons. The highest BCUT2D eigenvalue weighted by atomic mass is 79.9. The molecule has 1 aromatic rings. The number of rotatable bonds is 4. The maximum atomic E-state index is 5.41. The van der Waals surface area contributed by atoms with E-state index in [0.717, 1.165) is 0 Å². The van der Waals surface area contributed by atoms with E-state index in [-0.39, 0.29) is 0 Å². The molecule has 6 heteroatoms. The molecule has 13 heavy (non-hydrogen) atoms. The molecular weight excluding hydrogens is 236 g/mol. The highest BCUT2D eigenvalue weighted by molar-refractivity contribution is 9.10. The van der Waals surface area contributed by atoms with E-state index in [9.17, 15) is 0 Å². The lowest BCUT2D eigenvalue weighted by molar-refractivity contribution is 0.266. The van der Waals surface area contributed by atoms with Crippen LogP contribution in [-0.4, -0.2) is 34.7 Å². The predicted molar refractivity (Wildman–Crippen MR) is 52.7 cm³/mol. The van der Waals surface area contributed by atoms with Crippen molar-refractivity contribution in [2.24, 2.45) is 7.05 Å². The van der Waals surface area contributed by atoms with Crippen LogP contribution in [0.5, 0.6) is 5.88 Å². The summed E-state index contributed by atoms with van der Waals surface area (Å²) in [6.45, 7) is 2.61. The van der Waals surface area contributed by atoms with E-state index in [2.05, 4.69) is 31.4 Å². The molecule has 0 saturated carbocycles. The predicted octanol–water partition coefficient (Wildman–Crippen LogP) is 0.564. The zero-order chi connectivity index (χ0) is 9.84. The Kier molecular flexibility index (Phi) is 3.68. The number of aromatic nitrogens is 3. The van der Waals surface area contributed by atoms with Crippen LogP contribution in [0.1, 0.15) is 6.92 Å². The summed E-state index contributed by atoms with van der Waals surface area (Å²) in [6.07, 6.45) is 0. The first-order valence-electron chi connectivity index (χ1n) is 4.00. The second-order valence-electron chi connectivity index (χ2n) is 2.79. The average molecular weight is 249 g/mol. The van der Waals surface area contributed by atoms with Crippen molar-refractivity contribution in [3.8, 4) is 5.88 Å². The molecular formula is C7H13BrN4O. The number of likely N-dealkylation sites (N-methyl/N-ethyl adjacent to an activating group) is 1. The quantitative estimate of drug-likeness (QED) is 0.847. The van der Waals surface area contributed by atoms with Crippen molar-refractivity contribution >= 4 is 15.9 Å². The summed E-state index contributed by atoms with van der Waals surface area (Å²) >= 11 is 3.25. The number of nitrogens with zero attached hydrogens (tertiary/aromatic N) is 3. The Hall–Kier alpha value is -0.620. The first-order chi connectivity index (χ1) is 6.13. The minimum Gasteiger partial charge on any atom is -0.473 e. The molecule has 1 atom stereocenters. The third-order valence-electron chi connectivity index (χ3n) is 1.61. The molecule has 0 saturated heterocycles. The largest absolute Gasteiger partial charge is 0.473 e. The van der Waals surface area contributed by atoms with Gasteiger partial charge in [0.1, 0.15) is 6.61 Å². The highest BCUT2D eigenvalue weighted by Crippen LogP contribution is 2.18. The summed E-state index contributed by atoms with van der Waals surface area (Å²) in [5.74, 6) is 0.532.